The van der Waals surface area contributed by atoms with Gasteiger partial charge in [-0.15, -0.1) is 0 Å². The molecule has 4 aromatic rings. The predicted molar refractivity (Wildman–Crippen MR) is 114 cm³/mol. The standard InChI is InChI=1S/C21H14BrClN2O3/c1-11-2-4-17-19(6-11)28-21(25-17)15-9-14(3-5-18(15)26)24-10-12-7-13(22)8-16(23)20(12)27/h2-10,26-27H,1H3. The van der Waals surface area contributed by atoms with Gasteiger partial charge in [0.2, 0.25) is 5.89 Å². The molecule has 4 rings (SSSR count). The van der Waals surface area contributed by atoms with E-state index < -0.39 is 0 Å². The Morgan fingerprint density at radius 1 is 1.11 bits per heavy atom. The lowest BCUT2D eigenvalue weighted by atomic mass is 10.1. The number of aliphatic imine (C=N–C) groups is 1. The Labute approximate surface area is 174 Å². The van der Waals surface area contributed by atoms with Gasteiger partial charge in [-0.1, -0.05) is 33.6 Å². The van der Waals surface area contributed by atoms with Crippen molar-refractivity contribution in [1.82, 2.24) is 4.98 Å². The largest absolute Gasteiger partial charge is 0.507 e. The summed E-state index contributed by atoms with van der Waals surface area (Å²) < 4.78 is 6.52. The molecule has 0 aliphatic heterocycles. The van der Waals surface area contributed by atoms with Crippen LogP contribution in [0.1, 0.15) is 11.1 Å². The molecule has 0 bridgehead atoms. The Bertz CT molecular complexity index is 1230. The van der Waals surface area contributed by atoms with E-state index in [1.165, 1.54) is 12.3 Å². The molecule has 140 valence electrons. The summed E-state index contributed by atoms with van der Waals surface area (Å²) in [5.41, 5.74) is 3.87. The van der Waals surface area contributed by atoms with Crippen molar-refractivity contribution in [2.45, 2.75) is 6.92 Å². The quantitative estimate of drug-likeness (QED) is 0.350. The first-order valence-electron chi connectivity index (χ1n) is 8.33. The zero-order valence-corrected chi connectivity index (χ0v) is 17.0. The maximum atomic E-state index is 10.3. The Hall–Kier alpha value is -2.83. The van der Waals surface area contributed by atoms with Crippen LogP contribution >= 0.6 is 27.5 Å². The summed E-state index contributed by atoms with van der Waals surface area (Å²) in [6.07, 6.45) is 1.50. The Morgan fingerprint density at radius 3 is 2.75 bits per heavy atom. The monoisotopic (exact) mass is 456 g/mol. The summed E-state index contributed by atoms with van der Waals surface area (Å²) >= 11 is 9.32. The minimum atomic E-state index is -0.0538. The third-order valence-electron chi connectivity index (χ3n) is 4.16. The molecule has 28 heavy (non-hydrogen) atoms. The molecule has 1 heterocycles. The van der Waals surface area contributed by atoms with Gasteiger partial charge in [0.15, 0.2) is 5.58 Å². The Morgan fingerprint density at radius 2 is 1.93 bits per heavy atom. The number of hydrogen-bond donors (Lipinski definition) is 2. The van der Waals surface area contributed by atoms with Gasteiger partial charge in [0.05, 0.1) is 16.3 Å². The van der Waals surface area contributed by atoms with Crippen LogP contribution in [0.15, 0.2) is 62.4 Å². The van der Waals surface area contributed by atoms with Crippen molar-refractivity contribution in [3.63, 3.8) is 0 Å². The number of oxazole rings is 1. The molecular formula is C21H14BrClN2O3. The molecule has 0 aliphatic carbocycles. The minimum Gasteiger partial charge on any atom is -0.507 e. The zero-order valence-electron chi connectivity index (χ0n) is 14.6. The molecule has 0 saturated heterocycles. The van der Waals surface area contributed by atoms with E-state index in [2.05, 4.69) is 25.9 Å². The minimum absolute atomic E-state index is 0.0376. The Kier molecular flexibility index (Phi) is 4.83. The highest BCUT2D eigenvalue weighted by Crippen LogP contribution is 2.35. The van der Waals surface area contributed by atoms with Crippen LogP contribution in [0.2, 0.25) is 5.02 Å². The summed E-state index contributed by atoms with van der Waals surface area (Å²) in [5.74, 6) is 0.293. The maximum Gasteiger partial charge on any atom is 0.231 e. The van der Waals surface area contributed by atoms with Crippen molar-refractivity contribution in [1.29, 1.82) is 0 Å². The maximum absolute atomic E-state index is 10.3. The molecule has 3 aromatic carbocycles. The molecule has 0 atom stereocenters. The van der Waals surface area contributed by atoms with Crippen molar-refractivity contribution in [2.24, 2.45) is 4.99 Å². The lowest BCUT2D eigenvalue weighted by Gasteiger charge is -2.04. The van der Waals surface area contributed by atoms with Gasteiger partial charge < -0.3 is 14.6 Å². The molecule has 0 spiro atoms. The van der Waals surface area contributed by atoms with Gasteiger partial charge in [0, 0.05) is 16.3 Å². The predicted octanol–water partition coefficient (Wildman–Crippen LogP) is 6.38. The van der Waals surface area contributed by atoms with E-state index >= 15 is 0 Å². The fourth-order valence-corrected chi connectivity index (χ4v) is 3.59. The molecule has 0 aliphatic rings. The number of aromatic nitrogens is 1. The molecule has 1 aromatic heterocycles. The SMILES string of the molecule is Cc1ccc2nc(-c3cc(N=Cc4cc(Br)cc(Cl)c4O)ccc3O)oc2c1. The fourth-order valence-electron chi connectivity index (χ4n) is 2.75. The van der Waals surface area contributed by atoms with Crippen LogP contribution in [0.3, 0.4) is 0 Å². The van der Waals surface area contributed by atoms with Gasteiger partial charge in [-0.25, -0.2) is 4.98 Å². The van der Waals surface area contributed by atoms with Crippen LogP contribution in [0, 0.1) is 6.92 Å². The molecule has 0 amide bonds. The summed E-state index contributed by atoms with van der Waals surface area (Å²) in [7, 11) is 0. The zero-order chi connectivity index (χ0) is 19.8. The molecular weight excluding hydrogens is 444 g/mol. The van der Waals surface area contributed by atoms with E-state index in [1.807, 2.05) is 25.1 Å². The lowest BCUT2D eigenvalue weighted by molar-refractivity contribution is 0.473. The molecule has 0 fully saturated rings. The molecule has 5 nitrogen and oxygen atoms in total. The van der Waals surface area contributed by atoms with Gasteiger partial charge in [0.25, 0.3) is 0 Å². The second kappa shape index (κ2) is 7.30. The second-order valence-corrected chi connectivity index (χ2v) is 7.60. The first-order chi connectivity index (χ1) is 13.4. The third-order valence-corrected chi connectivity index (χ3v) is 4.91. The van der Waals surface area contributed by atoms with Crippen LogP contribution in [-0.2, 0) is 0 Å². The molecule has 2 N–H and O–H groups in total. The highest BCUT2D eigenvalue weighted by molar-refractivity contribution is 9.10. The van der Waals surface area contributed by atoms with E-state index in [1.54, 1.807) is 24.3 Å². The number of phenols is 2. The van der Waals surface area contributed by atoms with Crippen molar-refractivity contribution in [2.75, 3.05) is 0 Å². The van der Waals surface area contributed by atoms with Crippen molar-refractivity contribution in [3.8, 4) is 23.0 Å². The summed E-state index contributed by atoms with van der Waals surface area (Å²) in [6, 6.07) is 13.9. The van der Waals surface area contributed by atoms with Crippen LogP contribution in [0.4, 0.5) is 5.69 Å². The van der Waals surface area contributed by atoms with Gasteiger partial charge >= 0.3 is 0 Å². The van der Waals surface area contributed by atoms with Crippen molar-refractivity contribution >= 4 is 50.5 Å². The summed E-state index contributed by atoms with van der Waals surface area (Å²) in [6.45, 7) is 1.97. The molecule has 7 heteroatoms. The average Bonchev–Trinajstić information content (AvgIpc) is 3.07. The number of nitrogens with zero attached hydrogens (tertiary/aromatic N) is 2. The summed E-state index contributed by atoms with van der Waals surface area (Å²) in [4.78, 5) is 8.81. The number of halogens is 2. The lowest BCUT2D eigenvalue weighted by Crippen LogP contribution is -1.84. The van der Waals surface area contributed by atoms with E-state index in [0.717, 1.165) is 10.0 Å². The van der Waals surface area contributed by atoms with Gasteiger partial charge in [-0.3, -0.25) is 4.99 Å². The van der Waals surface area contributed by atoms with Crippen molar-refractivity contribution < 1.29 is 14.6 Å². The number of hydrogen-bond acceptors (Lipinski definition) is 5. The number of fused-ring (bicyclic) bond motifs is 1. The number of rotatable bonds is 3. The van der Waals surface area contributed by atoms with Crippen LogP contribution < -0.4 is 0 Å². The fraction of sp³-hybridized carbons (Fsp3) is 0.0476. The topological polar surface area (TPSA) is 78.9 Å². The van der Waals surface area contributed by atoms with E-state index in [4.69, 9.17) is 16.0 Å². The normalized spacial score (nSPS) is 11.5. The van der Waals surface area contributed by atoms with E-state index in [9.17, 15) is 10.2 Å². The van der Waals surface area contributed by atoms with Gasteiger partial charge in [0.1, 0.15) is 17.0 Å². The number of benzene rings is 3. The van der Waals surface area contributed by atoms with E-state index in [-0.39, 0.29) is 16.5 Å². The average molecular weight is 458 g/mol. The molecule has 0 saturated carbocycles. The summed E-state index contributed by atoms with van der Waals surface area (Å²) in [5, 5.41) is 20.6. The number of aryl methyl sites for hydroxylation is 1. The van der Waals surface area contributed by atoms with Crippen LogP contribution in [0.5, 0.6) is 11.5 Å². The van der Waals surface area contributed by atoms with Gasteiger partial charge in [-0.2, -0.15) is 0 Å². The van der Waals surface area contributed by atoms with Crippen LogP contribution in [0.25, 0.3) is 22.6 Å². The molecule has 0 radical (unpaired) electrons. The second-order valence-electron chi connectivity index (χ2n) is 6.28. The first-order valence-corrected chi connectivity index (χ1v) is 9.50. The molecule has 0 unspecified atom stereocenters. The number of aromatic hydroxyl groups is 2. The highest BCUT2D eigenvalue weighted by Gasteiger charge is 2.13. The number of phenolic OH excluding ortho intramolecular Hbond substituents is 2. The van der Waals surface area contributed by atoms with E-state index in [0.29, 0.717) is 33.8 Å². The first kappa shape index (κ1) is 18.5. The van der Waals surface area contributed by atoms with Gasteiger partial charge in [-0.05, 0) is 55.0 Å². The van der Waals surface area contributed by atoms with Crippen molar-refractivity contribution in [3.05, 3.63) is 69.2 Å². The third kappa shape index (κ3) is 3.61. The highest BCUT2D eigenvalue weighted by atomic mass is 79.9. The van der Waals surface area contributed by atoms with Crippen LogP contribution in [-0.4, -0.2) is 21.4 Å². The smallest absolute Gasteiger partial charge is 0.231 e. The Balaban J connectivity index is 1.73.